The first-order valence-corrected chi connectivity index (χ1v) is 9.59. The second kappa shape index (κ2) is 7.08. The number of hydrogen-bond donors (Lipinski definition) is 0. The molecule has 5 heteroatoms. The first kappa shape index (κ1) is 18.2. The molecular formula is C23H23N3O2. The third-order valence-electron chi connectivity index (χ3n) is 5.23. The number of rotatable bonds is 4. The van der Waals surface area contributed by atoms with Crippen LogP contribution < -0.4 is 10.5 Å². The van der Waals surface area contributed by atoms with Crippen LogP contribution in [0.3, 0.4) is 0 Å². The summed E-state index contributed by atoms with van der Waals surface area (Å²) in [6.45, 7) is 6.66. The second-order valence-corrected chi connectivity index (χ2v) is 7.38. The summed E-state index contributed by atoms with van der Waals surface area (Å²) in [6.07, 6.45) is 5.97. The quantitative estimate of drug-likeness (QED) is 0.693. The monoisotopic (exact) mass is 373 g/mol. The zero-order valence-electron chi connectivity index (χ0n) is 16.3. The Hall–Kier alpha value is -3.21. The highest BCUT2D eigenvalue weighted by Crippen LogP contribution is 2.33. The summed E-state index contributed by atoms with van der Waals surface area (Å²) in [5, 5.41) is 0. The van der Waals surface area contributed by atoms with Gasteiger partial charge < -0.3 is 9.47 Å². The van der Waals surface area contributed by atoms with E-state index in [1.54, 1.807) is 10.6 Å². The highest BCUT2D eigenvalue weighted by molar-refractivity contribution is 6.01. The van der Waals surface area contributed by atoms with Gasteiger partial charge in [-0.05, 0) is 61.7 Å². The first-order valence-electron chi connectivity index (χ1n) is 9.59. The fourth-order valence-electron chi connectivity index (χ4n) is 3.74. The van der Waals surface area contributed by atoms with Gasteiger partial charge in [-0.1, -0.05) is 6.07 Å². The predicted molar refractivity (Wildman–Crippen MR) is 111 cm³/mol. The maximum absolute atomic E-state index is 12.1. The van der Waals surface area contributed by atoms with Crippen LogP contribution in [0, 0.1) is 0 Å². The van der Waals surface area contributed by atoms with E-state index in [0.717, 1.165) is 33.5 Å². The molecule has 28 heavy (non-hydrogen) atoms. The second-order valence-electron chi connectivity index (χ2n) is 7.38. The fraction of sp³-hybridized carbons (Fsp3) is 0.261. The summed E-state index contributed by atoms with van der Waals surface area (Å²) < 4.78 is 1.72. The van der Waals surface area contributed by atoms with Crippen LogP contribution in [0.2, 0.25) is 0 Å². The van der Waals surface area contributed by atoms with E-state index < -0.39 is 0 Å². The lowest BCUT2D eigenvalue weighted by Crippen LogP contribution is -2.25. The molecule has 0 saturated heterocycles. The summed E-state index contributed by atoms with van der Waals surface area (Å²) in [7, 11) is 0. The Bertz CT molecular complexity index is 1110. The van der Waals surface area contributed by atoms with E-state index in [-0.39, 0.29) is 17.5 Å². The van der Waals surface area contributed by atoms with Crippen LogP contribution in [0.4, 0.5) is 5.69 Å². The van der Waals surface area contributed by atoms with E-state index in [9.17, 15) is 9.59 Å². The average Bonchev–Trinajstić information content (AvgIpc) is 3.02. The van der Waals surface area contributed by atoms with E-state index in [4.69, 9.17) is 0 Å². The molecule has 0 bridgehead atoms. The van der Waals surface area contributed by atoms with E-state index in [0.29, 0.717) is 13.0 Å². The van der Waals surface area contributed by atoms with Crippen molar-refractivity contribution in [3.8, 4) is 22.3 Å². The highest BCUT2D eigenvalue weighted by atomic mass is 16.2. The zero-order valence-corrected chi connectivity index (χ0v) is 16.3. The molecule has 0 atom stereocenters. The average molecular weight is 373 g/mol. The molecule has 1 aromatic carbocycles. The number of hydrogen-bond acceptors (Lipinski definition) is 3. The van der Waals surface area contributed by atoms with Crippen molar-refractivity contribution in [3.05, 3.63) is 70.9 Å². The first-order chi connectivity index (χ1) is 13.5. The molecule has 4 rings (SSSR count). The summed E-state index contributed by atoms with van der Waals surface area (Å²) in [5.74, 6) is 0.150. The molecule has 3 aromatic rings. The Morgan fingerprint density at radius 2 is 1.68 bits per heavy atom. The molecule has 1 amide bonds. The lowest BCUT2D eigenvalue weighted by atomic mass is 10.0. The predicted octanol–water partition coefficient (Wildman–Crippen LogP) is 4.07. The van der Waals surface area contributed by atoms with Gasteiger partial charge in [0.15, 0.2) is 0 Å². The molecule has 0 fully saturated rings. The van der Waals surface area contributed by atoms with Gasteiger partial charge in [0.05, 0.1) is 6.42 Å². The standard InChI is InChI=1S/C23H23N3O2/c1-4-25-21-7-5-16(9-18(21)11-23(25)28)19-10-20(13-24-12-19)17-6-8-22(27)26(14-17)15(2)3/h5-10,12-15H,4,11H2,1-3H3. The van der Waals surface area contributed by atoms with Crippen LogP contribution in [0.15, 0.2) is 59.8 Å². The summed E-state index contributed by atoms with van der Waals surface area (Å²) in [4.78, 5) is 30.4. The largest absolute Gasteiger partial charge is 0.312 e. The number of carbonyl (C=O) groups excluding carboxylic acids is 1. The van der Waals surface area contributed by atoms with Crippen molar-refractivity contribution < 1.29 is 4.79 Å². The third-order valence-corrected chi connectivity index (χ3v) is 5.23. The van der Waals surface area contributed by atoms with Crippen molar-refractivity contribution in [2.75, 3.05) is 11.4 Å². The van der Waals surface area contributed by atoms with Gasteiger partial charge in [-0.2, -0.15) is 0 Å². The van der Waals surface area contributed by atoms with Gasteiger partial charge in [0, 0.05) is 54.1 Å². The van der Waals surface area contributed by atoms with Gasteiger partial charge in [0.1, 0.15) is 0 Å². The maximum Gasteiger partial charge on any atom is 0.250 e. The van der Waals surface area contributed by atoms with E-state index in [1.165, 1.54) is 0 Å². The van der Waals surface area contributed by atoms with Crippen LogP contribution in [0.25, 0.3) is 22.3 Å². The van der Waals surface area contributed by atoms with Crippen molar-refractivity contribution in [1.82, 2.24) is 9.55 Å². The summed E-state index contributed by atoms with van der Waals surface area (Å²) in [5.41, 5.74) is 6.00. The van der Waals surface area contributed by atoms with Gasteiger partial charge in [-0.15, -0.1) is 0 Å². The topological polar surface area (TPSA) is 55.2 Å². The molecule has 1 aliphatic heterocycles. The Morgan fingerprint density at radius 3 is 2.39 bits per heavy atom. The molecule has 142 valence electrons. The minimum absolute atomic E-state index is 0.00775. The summed E-state index contributed by atoms with van der Waals surface area (Å²) in [6, 6.07) is 11.7. The zero-order chi connectivity index (χ0) is 19.8. The molecule has 0 spiro atoms. The van der Waals surface area contributed by atoms with E-state index >= 15 is 0 Å². The van der Waals surface area contributed by atoms with Crippen molar-refractivity contribution in [1.29, 1.82) is 0 Å². The number of carbonyl (C=O) groups is 1. The lowest BCUT2D eigenvalue weighted by molar-refractivity contribution is -0.117. The van der Waals surface area contributed by atoms with Gasteiger partial charge in [-0.3, -0.25) is 14.6 Å². The number of pyridine rings is 2. The minimum atomic E-state index is -0.00775. The van der Waals surface area contributed by atoms with Crippen LogP contribution in [0.1, 0.15) is 32.4 Å². The fourth-order valence-corrected chi connectivity index (χ4v) is 3.74. The van der Waals surface area contributed by atoms with Gasteiger partial charge in [0.2, 0.25) is 5.91 Å². The molecule has 0 N–H and O–H groups in total. The lowest BCUT2D eigenvalue weighted by Gasteiger charge is -2.15. The third kappa shape index (κ3) is 3.13. The van der Waals surface area contributed by atoms with Crippen LogP contribution in [0.5, 0.6) is 0 Å². The maximum atomic E-state index is 12.1. The molecule has 0 radical (unpaired) electrons. The molecular weight excluding hydrogens is 350 g/mol. The smallest absolute Gasteiger partial charge is 0.250 e. The van der Waals surface area contributed by atoms with Crippen LogP contribution in [-0.4, -0.2) is 22.0 Å². The molecule has 1 aliphatic rings. The molecule has 0 unspecified atom stereocenters. The Morgan fingerprint density at radius 1 is 0.964 bits per heavy atom. The Kier molecular flexibility index (Phi) is 4.59. The number of likely N-dealkylation sites (N-methyl/N-ethyl adjacent to an activating group) is 1. The normalized spacial score (nSPS) is 13.3. The number of nitrogens with zero attached hydrogens (tertiary/aromatic N) is 3. The number of benzene rings is 1. The van der Waals surface area contributed by atoms with Gasteiger partial charge in [0.25, 0.3) is 5.56 Å². The summed E-state index contributed by atoms with van der Waals surface area (Å²) >= 11 is 0. The molecule has 0 aliphatic carbocycles. The SMILES string of the molecule is CCN1C(=O)Cc2cc(-c3cncc(-c4ccc(=O)n(C(C)C)c4)c3)ccc21. The minimum Gasteiger partial charge on any atom is -0.312 e. The Balaban J connectivity index is 1.73. The molecule has 0 saturated carbocycles. The number of amides is 1. The van der Waals surface area contributed by atoms with Gasteiger partial charge in [-0.25, -0.2) is 0 Å². The van der Waals surface area contributed by atoms with Crippen LogP contribution >= 0.6 is 0 Å². The number of anilines is 1. The van der Waals surface area contributed by atoms with Gasteiger partial charge >= 0.3 is 0 Å². The van der Waals surface area contributed by atoms with E-state index in [2.05, 4.69) is 17.1 Å². The van der Waals surface area contributed by atoms with E-state index in [1.807, 2.05) is 62.5 Å². The molecule has 3 heterocycles. The number of aromatic nitrogens is 2. The Labute approximate surface area is 164 Å². The van der Waals surface area contributed by atoms with Crippen LogP contribution in [-0.2, 0) is 11.2 Å². The molecule has 5 nitrogen and oxygen atoms in total. The van der Waals surface area contributed by atoms with Crippen molar-refractivity contribution in [2.45, 2.75) is 33.2 Å². The highest BCUT2D eigenvalue weighted by Gasteiger charge is 2.26. The number of fused-ring (bicyclic) bond motifs is 1. The van der Waals surface area contributed by atoms with Crippen molar-refractivity contribution in [2.24, 2.45) is 0 Å². The van der Waals surface area contributed by atoms with Crippen molar-refractivity contribution >= 4 is 11.6 Å². The van der Waals surface area contributed by atoms with Crippen molar-refractivity contribution in [3.63, 3.8) is 0 Å². The molecule has 2 aromatic heterocycles.